The molecule has 4 aromatic rings. The summed E-state index contributed by atoms with van der Waals surface area (Å²) in [6.45, 7) is 1.64. The van der Waals surface area contributed by atoms with Gasteiger partial charge in [-0.15, -0.1) is 10.2 Å². The van der Waals surface area contributed by atoms with E-state index in [9.17, 15) is 19.5 Å². The third-order valence-corrected chi connectivity index (χ3v) is 7.79. The summed E-state index contributed by atoms with van der Waals surface area (Å²) in [6.07, 6.45) is 3.12. The minimum absolute atomic E-state index is 0.0605. The molecule has 1 saturated carbocycles. The van der Waals surface area contributed by atoms with E-state index < -0.39 is 17.2 Å². The number of benzene rings is 2. The maximum Gasteiger partial charge on any atom is 0.341 e. The van der Waals surface area contributed by atoms with E-state index in [1.54, 1.807) is 15.5 Å². The lowest BCUT2D eigenvalue weighted by Crippen LogP contribution is -2.49. The van der Waals surface area contributed by atoms with Crippen LogP contribution in [-0.4, -0.2) is 68.6 Å². The van der Waals surface area contributed by atoms with Gasteiger partial charge in [0.05, 0.1) is 17.0 Å². The standard InChI is InChI=1S/C27H24FN5O5S/c28-20-12-18-21(33(17-6-7-17)14-19(24(18)35)26(36)37)13-22(20)31-8-10-32(11-9-31)23(34)15-39-27-30-29-25(38-27)16-4-2-1-3-5-16/h1-5,12-14,17H,6-11,15H2,(H,36,37). The molecule has 200 valence electrons. The summed E-state index contributed by atoms with van der Waals surface area (Å²) in [5.41, 5.74) is 0.610. The van der Waals surface area contributed by atoms with Crippen molar-refractivity contribution in [1.82, 2.24) is 19.7 Å². The first-order valence-corrected chi connectivity index (χ1v) is 13.5. The third-order valence-electron chi connectivity index (χ3n) is 6.99. The maximum atomic E-state index is 15.2. The molecule has 2 aliphatic rings. The molecule has 39 heavy (non-hydrogen) atoms. The number of amides is 1. The molecule has 2 aromatic carbocycles. The molecule has 2 aromatic heterocycles. The Kier molecular flexibility index (Phi) is 6.55. The number of anilines is 1. The molecule has 10 nitrogen and oxygen atoms in total. The second kappa shape index (κ2) is 10.2. The van der Waals surface area contributed by atoms with Crippen LogP contribution in [0.5, 0.6) is 0 Å². The van der Waals surface area contributed by atoms with Crippen LogP contribution in [0.15, 0.2) is 63.1 Å². The van der Waals surface area contributed by atoms with Gasteiger partial charge in [0, 0.05) is 49.4 Å². The number of fused-ring (bicyclic) bond motifs is 1. The van der Waals surface area contributed by atoms with Crippen LogP contribution in [0.25, 0.3) is 22.4 Å². The molecule has 12 heteroatoms. The Morgan fingerprint density at radius 2 is 1.82 bits per heavy atom. The largest absolute Gasteiger partial charge is 0.477 e. The molecule has 1 aliphatic carbocycles. The van der Waals surface area contributed by atoms with Crippen LogP contribution in [0.1, 0.15) is 29.2 Å². The number of aromatic carboxylic acids is 1. The van der Waals surface area contributed by atoms with Crippen LogP contribution in [-0.2, 0) is 4.79 Å². The fourth-order valence-corrected chi connectivity index (χ4v) is 5.45. The van der Waals surface area contributed by atoms with Crippen molar-refractivity contribution >= 4 is 40.2 Å². The zero-order valence-electron chi connectivity index (χ0n) is 20.7. The van der Waals surface area contributed by atoms with Crippen molar-refractivity contribution in [3.05, 3.63) is 70.3 Å². The number of halogens is 1. The second-order valence-electron chi connectivity index (χ2n) is 9.53. The number of hydrogen-bond donors (Lipinski definition) is 1. The summed E-state index contributed by atoms with van der Waals surface area (Å²) in [5.74, 6) is -1.47. The molecule has 0 bridgehead atoms. The molecule has 1 saturated heterocycles. The normalized spacial score (nSPS) is 15.6. The Morgan fingerprint density at radius 3 is 2.51 bits per heavy atom. The van der Waals surface area contributed by atoms with Gasteiger partial charge in [-0.2, -0.15) is 0 Å². The Morgan fingerprint density at radius 1 is 1.08 bits per heavy atom. The highest BCUT2D eigenvalue weighted by Gasteiger charge is 2.29. The van der Waals surface area contributed by atoms with Crippen molar-refractivity contribution in [2.45, 2.75) is 24.1 Å². The predicted octanol–water partition coefficient (Wildman–Crippen LogP) is 3.66. The summed E-state index contributed by atoms with van der Waals surface area (Å²) in [4.78, 5) is 40.7. The second-order valence-corrected chi connectivity index (χ2v) is 10.5. The monoisotopic (exact) mass is 549 g/mol. The number of carbonyl (C=O) groups excluding carboxylic acids is 1. The molecular weight excluding hydrogens is 525 g/mol. The highest BCUT2D eigenvalue weighted by Crippen LogP contribution is 2.38. The van der Waals surface area contributed by atoms with E-state index in [1.165, 1.54) is 18.0 Å². The quantitative estimate of drug-likeness (QED) is 0.344. The van der Waals surface area contributed by atoms with Crippen molar-refractivity contribution in [2.75, 3.05) is 36.8 Å². The Bertz CT molecular complexity index is 1630. The minimum atomic E-state index is -1.32. The van der Waals surface area contributed by atoms with Crippen molar-refractivity contribution in [3.63, 3.8) is 0 Å². The molecule has 1 N–H and O–H groups in total. The number of carboxylic acid groups (broad SMARTS) is 1. The number of rotatable bonds is 7. The van der Waals surface area contributed by atoms with Gasteiger partial charge in [-0.3, -0.25) is 9.59 Å². The molecule has 6 rings (SSSR count). The lowest BCUT2D eigenvalue weighted by atomic mass is 10.1. The third kappa shape index (κ3) is 4.99. The molecule has 1 amide bonds. The van der Waals surface area contributed by atoms with Crippen LogP contribution in [0, 0.1) is 5.82 Å². The van der Waals surface area contributed by atoms with Gasteiger partial charge in [-0.05, 0) is 37.1 Å². The van der Waals surface area contributed by atoms with E-state index in [4.69, 9.17) is 4.42 Å². The minimum Gasteiger partial charge on any atom is -0.477 e. The van der Waals surface area contributed by atoms with E-state index in [2.05, 4.69) is 10.2 Å². The van der Waals surface area contributed by atoms with Crippen molar-refractivity contribution in [3.8, 4) is 11.5 Å². The van der Waals surface area contributed by atoms with Gasteiger partial charge in [-0.1, -0.05) is 30.0 Å². The first-order chi connectivity index (χ1) is 18.9. The fourth-order valence-electron chi connectivity index (χ4n) is 4.79. The van der Waals surface area contributed by atoms with Gasteiger partial charge in [0.15, 0.2) is 0 Å². The summed E-state index contributed by atoms with van der Waals surface area (Å²) in [6, 6.07) is 12.2. The van der Waals surface area contributed by atoms with E-state index >= 15 is 4.39 Å². The van der Waals surface area contributed by atoms with E-state index in [1.807, 2.05) is 35.2 Å². The zero-order valence-corrected chi connectivity index (χ0v) is 21.6. The van der Waals surface area contributed by atoms with Crippen molar-refractivity contribution < 1.29 is 23.5 Å². The van der Waals surface area contributed by atoms with Crippen LogP contribution in [0.2, 0.25) is 0 Å². The summed E-state index contributed by atoms with van der Waals surface area (Å²) < 4.78 is 22.6. The van der Waals surface area contributed by atoms with Crippen molar-refractivity contribution in [1.29, 1.82) is 0 Å². The van der Waals surface area contributed by atoms with E-state index in [0.29, 0.717) is 48.5 Å². The Labute approximate surface area is 226 Å². The van der Waals surface area contributed by atoms with E-state index in [-0.39, 0.29) is 28.7 Å². The zero-order chi connectivity index (χ0) is 27.1. The molecular formula is C27H24FN5O5S. The number of hydrogen-bond acceptors (Lipinski definition) is 8. The van der Waals surface area contributed by atoms with Gasteiger partial charge >= 0.3 is 5.97 Å². The lowest BCUT2D eigenvalue weighted by molar-refractivity contribution is -0.128. The number of thioether (sulfide) groups is 1. The summed E-state index contributed by atoms with van der Waals surface area (Å²) in [7, 11) is 0. The molecule has 1 aliphatic heterocycles. The molecule has 0 spiro atoms. The molecule has 0 radical (unpaired) electrons. The fraction of sp³-hybridized carbons (Fsp3) is 0.296. The number of aromatic nitrogens is 3. The molecule has 0 unspecified atom stereocenters. The number of carboxylic acids is 1. The molecule has 0 atom stereocenters. The topological polar surface area (TPSA) is 122 Å². The van der Waals surface area contributed by atoms with Gasteiger partial charge in [0.2, 0.25) is 17.2 Å². The smallest absolute Gasteiger partial charge is 0.341 e. The average molecular weight is 550 g/mol. The maximum absolute atomic E-state index is 15.2. The number of pyridine rings is 1. The molecule has 2 fully saturated rings. The van der Waals surface area contributed by atoms with Gasteiger partial charge in [0.25, 0.3) is 5.22 Å². The number of piperazine rings is 1. The van der Waals surface area contributed by atoms with Crippen LogP contribution < -0.4 is 10.3 Å². The van der Waals surface area contributed by atoms with E-state index in [0.717, 1.165) is 24.5 Å². The van der Waals surface area contributed by atoms with Gasteiger partial charge < -0.3 is 23.9 Å². The highest BCUT2D eigenvalue weighted by molar-refractivity contribution is 7.99. The summed E-state index contributed by atoms with van der Waals surface area (Å²) >= 11 is 1.17. The SMILES string of the molecule is O=C(O)c1cn(C2CC2)c2cc(N3CCN(C(=O)CSc4nnc(-c5ccccc5)o4)CC3)c(F)cc2c1=O. The lowest BCUT2D eigenvalue weighted by Gasteiger charge is -2.36. The first kappa shape index (κ1) is 25.1. The van der Waals surface area contributed by atoms with Crippen molar-refractivity contribution in [2.24, 2.45) is 0 Å². The summed E-state index contributed by atoms with van der Waals surface area (Å²) in [5, 5.41) is 17.9. The molecule has 3 heterocycles. The van der Waals surface area contributed by atoms with Gasteiger partial charge in [-0.25, -0.2) is 9.18 Å². The Balaban J connectivity index is 1.13. The Hall–Kier alpha value is -4.19. The number of nitrogens with zero attached hydrogens (tertiary/aromatic N) is 5. The van der Waals surface area contributed by atoms with Gasteiger partial charge in [0.1, 0.15) is 11.4 Å². The van der Waals surface area contributed by atoms with Crippen LogP contribution >= 0.6 is 11.8 Å². The number of carbonyl (C=O) groups is 2. The highest BCUT2D eigenvalue weighted by atomic mass is 32.2. The van der Waals surface area contributed by atoms with Crippen LogP contribution in [0.4, 0.5) is 10.1 Å². The van der Waals surface area contributed by atoms with Crippen LogP contribution in [0.3, 0.4) is 0 Å². The predicted molar refractivity (Wildman–Crippen MR) is 143 cm³/mol. The first-order valence-electron chi connectivity index (χ1n) is 12.5. The average Bonchev–Trinajstić information content (AvgIpc) is 3.68.